The van der Waals surface area contributed by atoms with Gasteiger partial charge in [0, 0.05) is 49.3 Å². The topological polar surface area (TPSA) is 41.3 Å². The fourth-order valence-corrected chi connectivity index (χ4v) is 3.53. The zero-order valence-electron chi connectivity index (χ0n) is 14.0. The molecule has 0 amide bonds. The number of piperidine rings is 1. The van der Waals surface area contributed by atoms with Gasteiger partial charge in [-0.15, -0.1) is 0 Å². The third-order valence-corrected chi connectivity index (χ3v) is 5.09. The van der Waals surface area contributed by atoms with Crippen LogP contribution >= 0.6 is 0 Å². The van der Waals surface area contributed by atoms with Crippen LogP contribution in [0.3, 0.4) is 0 Å². The number of pyridine rings is 1. The molecule has 0 radical (unpaired) electrons. The van der Waals surface area contributed by atoms with Crippen LogP contribution in [0.25, 0.3) is 16.6 Å². The van der Waals surface area contributed by atoms with E-state index >= 15 is 0 Å². The molecule has 4 nitrogen and oxygen atoms in total. The molecule has 0 unspecified atom stereocenters. The van der Waals surface area contributed by atoms with Crippen LogP contribution in [0.1, 0.15) is 25.3 Å². The number of rotatable bonds is 3. The molecule has 0 saturated carbocycles. The minimum Gasteiger partial charge on any atom is -0.390 e. The number of hydrogen-bond acceptors (Lipinski definition) is 3. The van der Waals surface area contributed by atoms with E-state index in [-0.39, 0.29) is 0 Å². The van der Waals surface area contributed by atoms with Crippen LogP contribution in [0.4, 0.5) is 0 Å². The van der Waals surface area contributed by atoms with E-state index in [1.165, 1.54) is 16.5 Å². The summed E-state index contributed by atoms with van der Waals surface area (Å²) in [5, 5.41) is 11.4. The first-order valence-corrected chi connectivity index (χ1v) is 8.56. The second kappa shape index (κ2) is 6.04. The summed E-state index contributed by atoms with van der Waals surface area (Å²) < 4.78 is 2.21. The van der Waals surface area contributed by atoms with Gasteiger partial charge in [0.05, 0.1) is 11.1 Å². The molecule has 0 atom stereocenters. The van der Waals surface area contributed by atoms with Crippen molar-refractivity contribution in [2.24, 2.45) is 0 Å². The van der Waals surface area contributed by atoms with E-state index in [0.717, 1.165) is 38.2 Å². The van der Waals surface area contributed by atoms with Gasteiger partial charge >= 0.3 is 0 Å². The van der Waals surface area contributed by atoms with Crippen LogP contribution < -0.4 is 0 Å². The predicted molar refractivity (Wildman–Crippen MR) is 96.2 cm³/mol. The zero-order chi connectivity index (χ0) is 16.6. The van der Waals surface area contributed by atoms with Gasteiger partial charge in [-0.3, -0.25) is 9.88 Å². The minimum atomic E-state index is -0.493. The molecule has 1 aromatic carbocycles. The molecule has 2 aromatic heterocycles. The predicted octanol–water partition coefficient (Wildman–Crippen LogP) is 3.37. The summed E-state index contributed by atoms with van der Waals surface area (Å²) in [6.45, 7) is 4.79. The Morgan fingerprint density at radius 2 is 1.83 bits per heavy atom. The third kappa shape index (κ3) is 2.95. The molecule has 1 aliphatic rings. The highest BCUT2D eigenvalue weighted by molar-refractivity contribution is 5.85. The lowest BCUT2D eigenvalue weighted by molar-refractivity contribution is -0.00720. The van der Waals surface area contributed by atoms with Crippen LogP contribution in [0.2, 0.25) is 0 Å². The van der Waals surface area contributed by atoms with E-state index in [9.17, 15) is 5.11 Å². The number of nitrogens with zero attached hydrogens (tertiary/aromatic N) is 3. The molecule has 1 saturated heterocycles. The molecule has 1 aliphatic heterocycles. The lowest BCUT2D eigenvalue weighted by atomic mass is 9.93. The second-order valence-corrected chi connectivity index (χ2v) is 7.01. The molecular weight excluding hydrogens is 298 g/mol. The van der Waals surface area contributed by atoms with Crippen molar-refractivity contribution in [1.82, 2.24) is 14.5 Å². The van der Waals surface area contributed by atoms with Crippen LogP contribution in [-0.2, 0) is 6.54 Å². The van der Waals surface area contributed by atoms with Gasteiger partial charge < -0.3 is 9.67 Å². The second-order valence-electron chi connectivity index (χ2n) is 7.01. The third-order valence-electron chi connectivity index (χ3n) is 5.09. The highest BCUT2D eigenvalue weighted by Gasteiger charge is 2.27. The quantitative estimate of drug-likeness (QED) is 0.804. The molecule has 0 spiro atoms. The number of hydrogen-bond donors (Lipinski definition) is 1. The molecule has 24 heavy (non-hydrogen) atoms. The van der Waals surface area contributed by atoms with E-state index in [1.807, 2.05) is 31.5 Å². The summed E-state index contributed by atoms with van der Waals surface area (Å²) in [4.78, 5) is 6.54. The van der Waals surface area contributed by atoms with E-state index in [2.05, 4.69) is 44.9 Å². The smallest absolute Gasteiger partial charge is 0.0644 e. The van der Waals surface area contributed by atoms with Gasteiger partial charge in [-0.1, -0.05) is 12.1 Å². The summed E-state index contributed by atoms with van der Waals surface area (Å²) in [7, 11) is 0. The number of likely N-dealkylation sites (tertiary alicyclic amines) is 1. The maximum Gasteiger partial charge on any atom is 0.0644 e. The van der Waals surface area contributed by atoms with E-state index in [0.29, 0.717) is 0 Å². The van der Waals surface area contributed by atoms with E-state index in [4.69, 9.17) is 0 Å². The monoisotopic (exact) mass is 321 g/mol. The molecule has 3 aromatic rings. The SMILES string of the molecule is CC1(O)CCN(Cc2cccc3c2ccn3-c2ccncc2)CC1. The summed E-state index contributed by atoms with van der Waals surface area (Å²) in [6, 6.07) is 12.8. The standard InChI is InChI=1S/C20H23N3O/c1-20(24)8-13-22(14-9-20)15-16-3-2-4-19-18(16)7-12-23(19)17-5-10-21-11-6-17/h2-7,10-12,24H,8-9,13-15H2,1H3. The van der Waals surface area contributed by atoms with Gasteiger partial charge in [0.1, 0.15) is 0 Å². The summed E-state index contributed by atoms with van der Waals surface area (Å²) in [5.41, 5.74) is 3.21. The first kappa shape index (κ1) is 15.4. The Labute approximate surface area is 142 Å². The number of aliphatic hydroxyl groups is 1. The van der Waals surface area contributed by atoms with Crippen molar-refractivity contribution in [1.29, 1.82) is 0 Å². The van der Waals surface area contributed by atoms with Crippen molar-refractivity contribution in [2.75, 3.05) is 13.1 Å². The zero-order valence-corrected chi connectivity index (χ0v) is 14.0. The molecule has 1 N–H and O–H groups in total. The van der Waals surface area contributed by atoms with Crippen molar-refractivity contribution >= 4 is 10.9 Å². The average Bonchev–Trinajstić information content (AvgIpc) is 3.03. The molecule has 0 bridgehead atoms. The average molecular weight is 321 g/mol. The van der Waals surface area contributed by atoms with Crippen molar-refractivity contribution in [3.05, 3.63) is 60.6 Å². The van der Waals surface area contributed by atoms with Crippen LogP contribution in [0.15, 0.2) is 55.0 Å². The van der Waals surface area contributed by atoms with Gasteiger partial charge in [0.15, 0.2) is 0 Å². The van der Waals surface area contributed by atoms with Gasteiger partial charge in [0.25, 0.3) is 0 Å². The lowest BCUT2D eigenvalue weighted by Crippen LogP contribution is -2.41. The first-order chi connectivity index (χ1) is 11.6. The molecule has 1 fully saturated rings. The van der Waals surface area contributed by atoms with Crippen molar-refractivity contribution in [2.45, 2.75) is 31.9 Å². The van der Waals surface area contributed by atoms with Crippen LogP contribution in [0.5, 0.6) is 0 Å². The Morgan fingerprint density at radius 1 is 1.08 bits per heavy atom. The Kier molecular flexibility index (Phi) is 3.87. The number of fused-ring (bicyclic) bond motifs is 1. The summed E-state index contributed by atoms with van der Waals surface area (Å²) in [6.07, 6.45) is 7.47. The molecule has 4 heteroatoms. The van der Waals surface area contributed by atoms with Crippen molar-refractivity contribution in [3.63, 3.8) is 0 Å². The Balaban J connectivity index is 1.62. The maximum atomic E-state index is 10.1. The molecule has 4 rings (SSSR count). The Morgan fingerprint density at radius 3 is 2.58 bits per heavy atom. The van der Waals surface area contributed by atoms with Gasteiger partial charge in [-0.05, 0) is 49.6 Å². The normalized spacial score (nSPS) is 18.1. The van der Waals surface area contributed by atoms with E-state index < -0.39 is 5.60 Å². The maximum absolute atomic E-state index is 10.1. The molecule has 3 heterocycles. The Bertz CT molecular complexity index is 828. The minimum absolute atomic E-state index is 0.493. The molecular formula is C20H23N3O. The summed E-state index contributed by atoms with van der Waals surface area (Å²) >= 11 is 0. The van der Waals surface area contributed by atoms with Gasteiger partial charge in [0.2, 0.25) is 0 Å². The fraction of sp³-hybridized carbons (Fsp3) is 0.350. The first-order valence-electron chi connectivity index (χ1n) is 8.56. The van der Waals surface area contributed by atoms with Gasteiger partial charge in [-0.2, -0.15) is 0 Å². The van der Waals surface area contributed by atoms with Gasteiger partial charge in [-0.25, -0.2) is 0 Å². The number of benzene rings is 1. The molecule has 124 valence electrons. The molecule has 0 aliphatic carbocycles. The highest BCUT2D eigenvalue weighted by Crippen LogP contribution is 2.27. The van der Waals surface area contributed by atoms with Crippen LogP contribution in [-0.4, -0.2) is 38.2 Å². The summed E-state index contributed by atoms with van der Waals surface area (Å²) in [5.74, 6) is 0. The lowest BCUT2D eigenvalue weighted by Gasteiger charge is -2.35. The Hall–Kier alpha value is -2.17. The van der Waals surface area contributed by atoms with Crippen molar-refractivity contribution in [3.8, 4) is 5.69 Å². The highest BCUT2D eigenvalue weighted by atomic mass is 16.3. The van der Waals surface area contributed by atoms with E-state index in [1.54, 1.807) is 0 Å². The van der Waals surface area contributed by atoms with Crippen LogP contribution in [0, 0.1) is 0 Å². The number of aromatic nitrogens is 2. The largest absolute Gasteiger partial charge is 0.390 e. The van der Waals surface area contributed by atoms with Crippen molar-refractivity contribution < 1.29 is 5.11 Å². The fourth-order valence-electron chi connectivity index (χ4n) is 3.53.